The van der Waals surface area contributed by atoms with Gasteiger partial charge in [-0.1, -0.05) is 37.1 Å². The highest BCUT2D eigenvalue weighted by Crippen LogP contribution is 2.34. The van der Waals surface area contributed by atoms with Gasteiger partial charge in [-0.3, -0.25) is 19.6 Å². The van der Waals surface area contributed by atoms with Crippen molar-refractivity contribution in [2.45, 2.75) is 89.4 Å². The van der Waals surface area contributed by atoms with E-state index in [0.717, 1.165) is 85.3 Å². The van der Waals surface area contributed by atoms with Gasteiger partial charge in [-0.2, -0.15) is 0 Å². The second-order valence-corrected chi connectivity index (χ2v) is 12.9. The highest BCUT2D eigenvalue weighted by molar-refractivity contribution is 6.47. The van der Waals surface area contributed by atoms with Gasteiger partial charge < -0.3 is 19.8 Å². The van der Waals surface area contributed by atoms with Crippen LogP contribution in [0.25, 0.3) is 11.4 Å². The molecule has 46 heavy (non-hydrogen) atoms. The minimum atomic E-state index is -0.356. The zero-order valence-electron chi connectivity index (χ0n) is 26.5. The quantitative estimate of drug-likeness (QED) is 0.314. The van der Waals surface area contributed by atoms with Gasteiger partial charge in [0, 0.05) is 40.6 Å². The fourth-order valence-electron chi connectivity index (χ4n) is 7.08. The molecule has 0 unspecified atom stereocenters. The molecule has 10 heteroatoms. The first kappa shape index (κ1) is 29.8. The molecule has 2 aliphatic heterocycles. The first-order valence-corrected chi connectivity index (χ1v) is 16.4. The maximum absolute atomic E-state index is 12.5. The van der Waals surface area contributed by atoms with Crippen LogP contribution in [-0.2, 0) is 9.59 Å². The predicted molar refractivity (Wildman–Crippen MR) is 178 cm³/mol. The molecule has 2 amide bonds. The summed E-state index contributed by atoms with van der Waals surface area (Å²) in [6.07, 6.45) is 18.1. The summed E-state index contributed by atoms with van der Waals surface area (Å²) in [4.78, 5) is 42.9. The van der Waals surface area contributed by atoms with E-state index in [2.05, 4.69) is 20.6 Å². The summed E-state index contributed by atoms with van der Waals surface area (Å²) in [7, 11) is 0. The van der Waals surface area contributed by atoms with Gasteiger partial charge in [-0.05, 0) is 89.5 Å². The number of aliphatic imine (C=N–C) groups is 2. The van der Waals surface area contributed by atoms with Gasteiger partial charge in [0.05, 0.1) is 18.3 Å². The summed E-state index contributed by atoms with van der Waals surface area (Å²) in [6.45, 7) is 3.97. The average molecular weight is 617 g/mol. The maximum Gasteiger partial charge on any atom is 0.272 e. The predicted octanol–water partition coefficient (Wildman–Crippen LogP) is 5.52. The largest absolute Gasteiger partial charge is 0.326 e. The van der Waals surface area contributed by atoms with Crippen molar-refractivity contribution in [2.24, 2.45) is 9.98 Å². The zero-order chi connectivity index (χ0) is 31.7. The molecule has 2 N–H and O–H groups in total. The Labute approximate surface area is 269 Å². The van der Waals surface area contributed by atoms with Crippen molar-refractivity contribution in [2.75, 3.05) is 0 Å². The van der Waals surface area contributed by atoms with Crippen LogP contribution in [0.3, 0.4) is 0 Å². The van der Waals surface area contributed by atoms with Gasteiger partial charge in [-0.15, -0.1) is 0 Å². The molecule has 2 fully saturated rings. The Bertz CT molecular complexity index is 1840. The maximum atomic E-state index is 12.5. The van der Waals surface area contributed by atoms with E-state index in [9.17, 15) is 9.59 Å². The van der Waals surface area contributed by atoms with Crippen molar-refractivity contribution in [1.29, 1.82) is 0 Å². The Morgan fingerprint density at radius 2 is 1.24 bits per heavy atom. The minimum Gasteiger partial charge on any atom is -0.326 e. The van der Waals surface area contributed by atoms with Crippen LogP contribution in [0.5, 0.6) is 0 Å². The van der Waals surface area contributed by atoms with E-state index in [-0.39, 0.29) is 23.1 Å². The molecule has 4 aliphatic rings. The molecule has 8 rings (SSSR count). The molecule has 2 aromatic heterocycles. The number of hydrogen-bond donors (Lipinski definition) is 2. The van der Waals surface area contributed by atoms with Crippen LogP contribution >= 0.6 is 0 Å². The second kappa shape index (κ2) is 12.2. The number of hydrogen-bond acceptors (Lipinski definition) is 6. The van der Waals surface area contributed by atoms with Crippen molar-refractivity contribution in [3.05, 3.63) is 96.1 Å². The van der Waals surface area contributed by atoms with Crippen LogP contribution < -0.4 is 10.6 Å². The first-order chi connectivity index (χ1) is 22.3. The lowest BCUT2D eigenvalue weighted by Crippen LogP contribution is -2.43. The highest BCUT2D eigenvalue weighted by atomic mass is 16.2. The number of carbonyl (C=O) groups excluding carboxylic acids is 2. The first-order valence-electron chi connectivity index (χ1n) is 16.4. The molecule has 2 saturated carbocycles. The molecule has 4 heterocycles. The van der Waals surface area contributed by atoms with Gasteiger partial charge >= 0.3 is 0 Å². The number of amides is 2. The third-order valence-corrected chi connectivity index (χ3v) is 9.49. The summed E-state index contributed by atoms with van der Waals surface area (Å²) in [5.74, 6) is -0.0998. The summed E-state index contributed by atoms with van der Waals surface area (Å²) < 4.78 is 3.97. The number of nitrogens with one attached hydrogen (secondary N) is 2. The summed E-state index contributed by atoms with van der Waals surface area (Å²) in [5.41, 5.74) is 6.16. The number of aromatic nitrogens is 4. The molecular weight excluding hydrogens is 576 g/mol. The second-order valence-electron chi connectivity index (χ2n) is 12.9. The van der Waals surface area contributed by atoms with Crippen molar-refractivity contribution in [1.82, 2.24) is 29.7 Å². The standard InChI is InChI=1S/2C18H20N4O/c1-13-11-22(12-19-13)15-7-5-6-14(10-15)16-17(23)21-18(20-16)8-3-2-4-9-18;1-13-11-19-12-22(13)15-7-5-6-14(10-15)16-17(23)21-18(20-16)8-3-2-4-9-18/h2*5-7,10-12H,2-4,8-9H2,1H3,(H,21,23). The molecule has 2 aromatic carbocycles. The van der Waals surface area contributed by atoms with Crippen molar-refractivity contribution in [3.63, 3.8) is 0 Å². The molecule has 10 nitrogen and oxygen atoms in total. The molecule has 0 radical (unpaired) electrons. The molecule has 0 saturated heterocycles. The zero-order valence-corrected chi connectivity index (χ0v) is 26.5. The topological polar surface area (TPSA) is 119 Å². The van der Waals surface area contributed by atoms with Gasteiger partial charge in [0.2, 0.25) is 0 Å². The van der Waals surface area contributed by atoms with Crippen LogP contribution in [0.2, 0.25) is 0 Å². The lowest BCUT2D eigenvalue weighted by Gasteiger charge is -2.30. The molecule has 2 aliphatic carbocycles. The minimum absolute atomic E-state index is 0.0496. The van der Waals surface area contributed by atoms with E-state index in [1.165, 1.54) is 12.8 Å². The molecule has 4 aromatic rings. The van der Waals surface area contributed by atoms with Gasteiger partial charge in [0.25, 0.3) is 11.8 Å². The summed E-state index contributed by atoms with van der Waals surface area (Å²) in [6, 6.07) is 15.9. The van der Waals surface area contributed by atoms with E-state index in [4.69, 9.17) is 9.98 Å². The number of imidazole rings is 2. The molecule has 236 valence electrons. The SMILES string of the molecule is Cc1cn(-c2cccc(C3=NC4(CCCCC4)NC3=O)c2)cn1.Cc1cncn1-c1cccc(C2=NC3(CCCCC3)NC2=O)c1. The fourth-order valence-corrected chi connectivity index (χ4v) is 7.08. The highest BCUT2D eigenvalue weighted by Gasteiger charge is 2.41. The van der Waals surface area contributed by atoms with Crippen molar-refractivity contribution >= 4 is 23.2 Å². The third-order valence-electron chi connectivity index (χ3n) is 9.49. The average Bonchev–Trinajstić information content (AvgIpc) is 3.85. The Morgan fingerprint density at radius 3 is 1.74 bits per heavy atom. The number of carbonyl (C=O) groups is 2. The van der Waals surface area contributed by atoms with Crippen molar-refractivity contribution < 1.29 is 9.59 Å². The van der Waals surface area contributed by atoms with Crippen LogP contribution in [0.15, 0.2) is 83.6 Å². The number of rotatable bonds is 4. The van der Waals surface area contributed by atoms with E-state index in [1.54, 1.807) is 12.7 Å². The normalized spacial score (nSPS) is 19.7. The lowest BCUT2D eigenvalue weighted by atomic mass is 9.90. The van der Waals surface area contributed by atoms with Crippen molar-refractivity contribution in [3.8, 4) is 11.4 Å². The summed E-state index contributed by atoms with van der Waals surface area (Å²) >= 11 is 0. The Morgan fingerprint density at radius 1 is 0.696 bits per heavy atom. The van der Waals surface area contributed by atoms with E-state index in [0.29, 0.717) is 11.4 Å². The van der Waals surface area contributed by atoms with Crippen LogP contribution in [0.1, 0.15) is 86.7 Å². The lowest BCUT2D eigenvalue weighted by molar-refractivity contribution is -0.116. The number of nitrogens with zero attached hydrogens (tertiary/aromatic N) is 6. The number of aryl methyl sites for hydroxylation is 2. The van der Waals surface area contributed by atoms with Gasteiger partial charge in [0.1, 0.15) is 22.7 Å². The third kappa shape index (κ3) is 5.91. The van der Waals surface area contributed by atoms with Gasteiger partial charge in [0.15, 0.2) is 0 Å². The Kier molecular flexibility index (Phi) is 7.88. The van der Waals surface area contributed by atoms with E-state index < -0.39 is 0 Å². The molecule has 2 spiro atoms. The van der Waals surface area contributed by atoms with Crippen LogP contribution in [0.4, 0.5) is 0 Å². The molecule has 0 atom stereocenters. The fraction of sp³-hybridized carbons (Fsp3) is 0.389. The van der Waals surface area contributed by atoms with Gasteiger partial charge in [-0.25, -0.2) is 9.97 Å². The smallest absolute Gasteiger partial charge is 0.272 e. The molecular formula is C36H40N8O2. The van der Waals surface area contributed by atoms with E-state index in [1.807, 2.05) is 83.9 Å². The molecule has 0 bridgehead atoms. The van der Waals surface area contributed by atoms with E-state index >= 15 is 0 Å². The summed E-state index contributed by atoms with van der Waals surface area (Å²) in [5, 5.41) is 6.24. The Hall–Kier alpha value is -4.86. The number of benzene rings is 2. The Balaban J connectivity index is 0.000000147. The monoisotopic (exact) mass is 616 g/mol. The van der Waals surface area contributed by atoms with Crippen LogP contribution in [-0.4, -0.2) is 53.7 Å². The van der Waals surface area contributed by atoms with Crippen LogP contribution in [0, 0.1) is 13.8 Å².